The van der Waals surface area contributed by atoms with Crippen LogP contribution in [-0.4, -0.2) is 15.5 Å². The van der Waals surface area contributed by atoms with Gasteiger partial charge in [0, 0.05) is 0 Å². The fourth-order valence-corrected chi connectivity index (χ4v) is 1.64. The van der Waals surface area contributed by atoms with Gasteiger partial charge in [0.15, 0.2) is 0 Å². The summed E-state index contributed by atoms with van der Waals surface area (Å²) in [7, 11) is 0. The lowest BCUT2D eigenvalue weighted by atomic mass is 10.3. The first kappa shape index (κ1) is 7.37. The maximum Gasteiger partial charge on any atom is 0.258 e. The minimum absolute atomic E-state index is 0.0550. The van der Waals surface area contributed by atoms with E-state index in [-0.39, 0.29) is 5.91 Å². The molecule has 1 aromatic heterocycles. The van der Waals surface area contributed by atoms with Crippen molar-refractivity contribution in [2.45, 2.75) is 6.54 Å². The van der Waals surface area contributed by atoms with Crippen molar-refractivity contribution in [1.82, 2.24) is 15.0 Å². The van der Waals surface area contributed by atoms with Gasteiger partial charge >= 0.3 is 0 Å². The Kier molecular flexibility index (Phi) is 1.30. The quantitative estimate of drug-likeness (QED) is 0.632. The second-order valence-corrected chi connectivity index (χ2v) is 3.18. The number of anilines is 1. The summed E-state index contributed by atoms with van der Waals surface area (Å²) in [5.74, 6) is 0.631. The summed E-state index contributed by atoms with van der Waals surface area (Å²) in [4.78, 5) is 15.5. The van der Waals surface area contributed by atoms with Crippen molar-refractivity contribution in [3.8, 4) is 0 Å². The van der Waals surface area contributed by atoms with E-state index >= 15 is 0 Å². The Bertz CT molecular complexity index is 517. The molecule has 0 radical (unpaired) electrons. The van der Waals surface area contributed by atoms with Crippen molar-refractivity contribution in [3.05, 3.63) is 24.3 Å². The predicted octanol–water partition coefficient (Wildman–Crippen LogP) is 0.493. The number of rotatable bonds is 0. The van der Waals surface area contributed by atoms with Crippen molar-refractivity contribution in [2.24, 2.45) is 0 Å². The van der Waals surface area contributed by atoms with Gasteiger partial charge in [-0.1, -0.05) is 12.1 Å². The highest BCUT2D eigenvalue weighted by Gasteiger charge is 2.17. The molecule has 1 amide bonds. The van der Waals surface area contributed by atoms with Crippen LogP contribution >= 0.6 is 0 Å². The van der Waals surface area contributed by atoms with Crippen LogP contribution in [0.2, 0.25) is 0 Å². The first-order valence-corrected chi connectivity index (χ1v) is 4.35. The van der Waals surface area contributed by atoms with Crippen molar-refractivity contribution in [3.63, 3.8) is 0 Å². The van der Waals surface area contributed by atoms with E-state index in [1.807, 2.05) is 28.8 Å². The fourth-order valence-electron chi connectivity index (χ4n) is 1.64. The lowest BCUT2D eigenvalue weighted by Gasteiger charge is -2.16. The number of benzene rings is 1. The van der Waals surface area contributed by atoms with Crippen molar-refractivity contribution < 1.29 is 4.79 Å². The van der Waals surface area contributed by atoms with Crippen LogP contribution in [0.3, 0.4) is 0 Å². The van der Waals surface area contributed by atoms with Gasteiger partial charge in [-0.15, -0.1) is 0 Å². The number of hydrogen-bond donors (Lipinski definition) is 2. The van der Waals surface area contributed by atoms with Gasteiger partial charge in [0.1, 0.15) is 6.54 Å². The van der Waals surface area contributed by atoms with Gasteiger partial charge in [-0.25, -0.2) is 4.98 Å². The minimum atomic E-state index is -0.0550. The zero-order chi connectivity index (χ0) is 9.54. The normalized spacial score (nSPS) is 14.7. The maximum absolute atomic E-state index is 11.1. The third kappa shape index (κ3) is 0.891. The molecule has 1 aromatic carbocycles. The zero-order valence-corrected chi connectivity index (χ0v) is 7.32. The molecule has 1 aliphatic rings. The minimum Gasteiger partial charge on any atom is -0.299 e. The van der Waals surface area contributed by atoms with Crippen LogP contribution in [0, 0.1) is 0 Å². The number of imidazole rings is 1. The van der Waals surface area contributed by atoms with E-state index in [9.17, 15) is 4.79 Å². The summed E-state index contributed by atoms with van der Waals surface area (Å²) >= 11 is 0. The molecule has 0 atom stereocenters. The Morgan fingerprint density at radius 1 is 1.29 bits per heavy atom. The van der Waals surface area contributed by atoms with Crippen molar-refractivity contribution in [2.75, 3.05) is 5.43 Å². The number of hydrogen-bond acceptors (Lipinski definition) is 3. The summed E-state index contributed by atoms with van der Waals surface area (Å²) in [5.41, 5.74) is 7.15. The molecule has 0 saturated carbocycles. The van der Waals surface area contributed by atoms with Crippen LogP contribution < -0.4 is 10.9 Å². The average Bonchev–Trinajstić information content (AvgIpc) is 2.56. The largest absolute Gasteiger partial charge is 0.299 e. The van der Waals surface area contributed by atoms with Crippen molar-refractivity contribution in [1.29, 1.82) is 0 Å². The van der Waals surface area contributed by atoms with E-state index in [0.717, 1.165) is 11.0 Å². The highest BCUT2D eigenvalue weighted by atomic mass is 16.2. The third-order valence-corrected chi connectivity index (χ3v) is 2.27. The Labute approximate surface area is 79.7 Å². The van der Waals surface area contributed by atoms with Gasteiger partial charge < -0.3 is 0 Å². The number of carbonyl (C=O) groups excluding carboxylic acids is 1. The van der Waals surface area contributed by atoms with E-state index < -0.39 is 0 Å². The number of amides is 1. The molecule has 70 valence electrons. The molecular weight excluding hydrogens is 180 g/mol. The zero-order valence-electron chi connectivity index (χ0n) is 7.32. The van der Waals surface area contributed by atoms with Crippen LogP contribution in [0.5, 0.6) is 0 Å². The second-order valence-electron chi connectivity index (χ2n) is 3.18. The highest BCUT2D eigenvalue weighted by molar-refractivity contribution is 5.85. The maximum atomic E-state index is 11.1. The number of carbonyl (C=O) groups is 1. The number of nitrogens with zero attached hydrogens (tertiary/aromatic N) is 2. The molecule has 0 fully saturated rings. The van der Waals surface area contributed by atoms with Crippen LogP contribution in [0.25, 0.3) is 11.0 Å². The van der Waals surface area contributed by atoms with Crippen LogP contribution in [0.15, 0.2) is 24.3 Å². The van der Waals surface area contributed by atoms with E-state index in [0.29, 0.717) is 12.5 Å². The molecule has 0 aliphatic carbocycles. The van der Waals surface area contributed by atoms with Gasteiger partial charge in [-0.2, -0.15) is 0 Å². The molecule has 3 rings (SSSR count). The topological polar surface area (TPSA) is 59.0 Å². The molecule has 1 aliphatic heterocycles. The van der Waals surface area contributed by atoms with Gasteiger partial charge in [0.05, 0.1) is 11.0 Å². The van der Waals surface area contributed by atoms with E-state index in [1.165, 1.54) is 0 Å². The van der Waals surface area contributed by atoms with Gasteiger partial charge in [0.2, 0.25) is 5.95 Å². The molecule has 2 aromatic rings. The standard InChI is InChI=1S/C9H8N4O/c14-8-5-13-7-4-2-1-3-6(7)10-9(13)12-11-8/h1-4H,5H2,(H,10,12)(H,11,14). The summed E-state index contributed by atoms with van der Waals surface area (Å²) in [6.45, 7) is 0.322. The SMILES string of the molecule is O=C1Cn2c(nc3ccccc32)NN1. The van der Waals surface area contributed by atoms with Crippen LogP contribution in [-0.2, 0) is 11.3 Å². The van der Waals surface area contributed by atoms with Gasteiger partial charge in [0.25, 0.3) is 5.91 Å². The third-order valence-electron chi connectivity index (χ3n) is 2.27. The van der Waals surface area contributed by atoms with E-state index in [1.54, 1.807) is 0 Å². The van der Waals surface area contributed by atoms with Crippen LogP contribution in [0.4, 0.5) is 5.95 Å². The first-order chi connectivity index (χ1) is 6.84. The smallest absolute Gasteiger partial charge is 0.258 e. The monoisotopic (exact) mass is 188 g/mol. The molecular formula is C9H8N4O. The molecule has 14 heavy (non-hydrogen) atoms. The molecule has 0 bridgehead atoms. The summed E-state index contributed by atoms with van der Waals surface area (Å²) in [5, 5.41) is 0. The Hall–Kier alpha value is -2.04. The molecule has 2 heterocycles. The first-order valence-electron chi connectivity index (χ1n) is 4.35. The van der Waals surface area contributed by atoms with E-state index in [2.05, 4.69) is 15.8 Å². The van der Waals surface area contributed by atoms with E-state index in [4.69, 9.17) is 0 Å². The molecule has 0 spiro atoms. The number of para-hydroxylation sites is 2. The Morgan fingerprint density at radius 3 is 3.07 bits per heavy atom. The number of hydrazine groups is 1. The molecule has 2 N–H and O–H groups in total. The predicted molar refractivity (Wildman–Crippen MR) is 51.5 cm³/mol. The average molecular weight is 188 g/mol. The molecule has 5 nitrogen and oxygen atoms in total. The number of aromatic nitrogens is 2. The Balaban J connectivity index is 2.30. The summed E-state index contributed by atoms with van der Waals surface area (Å²) in [6.07, 6.45) is 0. The Morgan fingerprint density at radius 2 is 2.14 bits per heavy atom. The number of fused-ring (bicyclic) bond motifs is 3. The fraction of sp³-hybridized carbons (Fsp3) is 0.111. The molecule has 0 unspecified atom stereocenters. The van der Waals surface area contributed by atoms with Gasteiger partial charge in [-0.3, -0.25) is 20.2 Å². The summed E-state index contributed by atoms with van der Waals surface area (Å²) in [6, 6.07) is 7.74. The molecule has 0 saturated heterocycles. The highest BCUT2D eigenvalue weighted by Crippen LogP contribution is 2.20. The summed E-state index contributed by atoms with van der Waals surface area (Å²) < 4.78 is 1.86. The molecule has 5 heteroatoms. The van der Waals surface area contributed by atoms with Crippen molar-refractivity contribution >= 4 is 22.9 Å². The number of nitrogens with one attached hydrogen (secondary N) is 2. The lowest BCUT2D eigenvalue weighted by molar-refractivity contribution is -0.121. The lowest BCUT2D eigenvalue weighted by Crippen LogP contribution is -2.38. The van der Waals surface area contributed by atoms with Crippen LogP contribution in [0.1, 0.15) is 0 Å². The second kappa shape index (κ2) is 2.47. The van der Waals surface area contributed by atoms with Gasteiger partial charge in [-0.05, 0) is 12.1 Å².